The van der Waals surface area contributed by atoms with Crippen LogP contribution in [-0.4, -0.2) is 43.0 Å². The number of para-hydroxylation sites is 2. The van der Waals surface area contributed by atoms with Crippen molar-refractivity contribution in [3.63, 3.8) is 0 Å². The largest absolute Gasteiger partial charge is 0.486 e. The molecule has 1 unspecified atom stereocenters. The minimum atomic E-state index is 0.118. The molecule has 1 saturated heterocycles. The lowest BCUT2D eigenvalue weighted by atomic mass is 10.1. The number of hydrogen-bond acceptors (Lipinski definition) is 4. The highest BCUT2D eigenvalue weighted by Gasteiger charge is 2.22. The van der Waals surface area contributed by atoms with Gasteiger partial charge in [-0.25, -0.2) is 0 Å². The van der Waals surface area contributed by atoms with Gasteiger partial charge in [0.15, 0.2) is 11.5 Å². The summed E-state index contributed by atoms with van der Waals surface area (Å²) in [4.78, 5) is 13.5. The van der Waals surface area contributed by atoms with Crippen LogP contribution in [0.15, 0.2) is 24.3 Å². The van der Waals surface area contributed by atoms with Crippen molar-refractivity contribution in [1.29, 1.82) is 0 Å². The van der Waals surface area contributed by atoms with Crippen molar-refractivity contribution >= 4 is 5.78 Å². The van der Waals surface area contributed by atoms with E-state index in [-0.39, 0.29) is 6.10 Å². The number of benzene rings is 1. The summed E-state index contributed by atoms with van der Waals surface area (Å²) in [5.74, 6) is 2.07. The second-order valence-corrected chi connectivity index (χ2v) is 5.17. The summed E-state index contributed by atoms with van der Waals surface area (Å²) in [5, 5.41) is 0. The van der Waals surface area contributed by atoms with E-state index in [1.165, 1.54) is 0 Å². The topological polar surface area (TPSA) is 38.8 Å². The van der Waals surface area contributed by atoms with Gasteiger partial charge in [-0.1, -0.05) is 12.1 Å². The van der Waals surface area contributed by atoms with E-state index in [1.807, 2.05) is 24.3 Å². The van der Waals surface area contributed by atoms with E-state index in [1.54, 1.807) is 0 Å². The number of ketones is 1. The molecule has 0 spiro atoms. The lowest BCUT2D eigenvalue weighted by Gasteiger charge is -2.30. The Morgan fingerprint density at radius 1 is 1.16 bits per heavy atom. The third kappa shape index (κ3) is 3.07. The van der Waals surface area contributed by atoms with Crippen molar-refractivity contribution in [3.8, 4) is 11.5 Å². The first-order valence-corrected chi connectivity index (χ1v) is 6.94. The molecule has 0 aliphatic carbocycles. The Labute approximate surface area is 113 Å². The zero-order valence-corrected chi connectivity index (χ0v) is 11.0. The fourth-order valence-electron chi connectivity index (χ4n) is 2.56. The van der Waals surface area contributed by atoms with Crippen molar-refractivity contribution in [3.05, 3.63) is 24.3 Å². The van der Waals surface area contributed by atoms with Crippen molar-refractivity contribution in [2.75, 3.05) is 26.2 Å². The Bertz CT molecular complexity index is 450. The molecule has 2 aliphatic rings. The number of hydrogen-bond donors (Lipinski definition) is 0. The van der Waals surface area contributed by atoms with Gasteiger partial charge in [0.1, 0.15) is 18.5 Å². The fourth-order valence-corrected chi connectivity index (χ4v) is 2.56. The summed E-state index contributed by atoms with van der Waals surface area (Å²) in [5.41, 5.74) is 0. The molecule has 4 nitrogen and oxygen atoms in total. The number of nitrogens with zero attached hydrogens (tertiary/aromatic N) is 1. The third-order valence-electron chi connectivity index (χ3n) is 3.75. The van der Waals surface area contributed by atoms with Crippen molar-refractivity contribution < 1.29 is 14.3 Å². The number of carbonyl (C=O) groups excluding carboxylic acids is 1. The van der Waals surface area contributed by atoms with Crippen LogP contribution < -0.4 is 9.47 Å². The molecule has 2 heterocycles. The third-order valence-corrected chi connectivity index (χ3v) is 3.75. The normalized spacial score (nSPS) is 23.4. The van der Waals surface area contributed by atoms with Crippen LogP contribution in [-0.2, 0) is 4.79 Å². The van der Waals surface area contributed by atoms with Gasteiger partial charge in [-0.2, -0.15) is 0 Å². The van der Waals surface area contributed by atoms with Crippen molar-refractivity contribution in [2.45, 2.75) is 25.4 Å². The Hall–Kier alpha value is -1.55. The minimum Gasteiger partial charge on any atom is -0.486 e. The molecule has 1 fully saturated rings. The van der Waals surface area contributed by atoms with Gasteiger partial charge in [0.05, 0.1) is 0 Å². The highest BCUT2D eigenvalue weighted by molar-refractivity contribution is 5.79. The monoisotopic (exact) mass is 261 g/mol. The molecule has 0 aromatic heterocycles. The number of Topliss-reactive ketones (excluding diaryl/α,β-unsaturated/α-hetero) is 1. The Balaban J connectivity index is 1.48. The SMILES string of the molecule is O=C1CCN(CCC2COc3ccccc3O2)CC1. The molecule has 19 heavy (non-hydrogen) atoms. The predicted octanol–water partition coefficient (Wildman–Crippen LogP) is 1.88. The van der Waals surface area contributed by atoms with Crippen LogP contribution in [0.2, 0.25) is 0 Å². The van der Waals surface area contributed by atoms with Crippen LogP contribution in [0.25, 0.3) is 0 Å². The van der Waals surface area contributed by atoms with Crippen LogP contribution in [0.3, 0.4) is 0 Å². The van der Waals surface area contributed by atoms with Gasteiger partial charge < -0.3 is 14.4 Å². The Morgan fingerprint density at radius 3 is 2.68 bits per heavy atom. The second kappa shape index (κ2) is 5.61. The van der Waals surface area contributed by atoms with Gasteiger partial charge in [0.2, 0.25) is 0 Å². The molecule has 3 rings (SSSR count). The smallest absolute Gasteiger partial charge is 0.161 e. The number of rotatable bonds is 3. The number of piperidine rings is 1. The van der Waals surface area contributed by atoms with Gasteiger partial charge in [0, 0.05) is 38.9 Å². The minimum absolute atomic E-state index is 0.118. The summed E-state index contributed by atoms with van der Waals surface area (Å²) >= 11 is 0. The summed E-state index contributed by atoms with van der Waals surface area (Å²) in [6.07, 6.45) is 2.46. The lowest BCUT2D eigenvalue weighted by Crippen LogP contribution is -2.38. The first-order chi connectivity index (χ1) is 9.31. The van der Waals surface area contributed by atoms with Gasteiger partial charge in [-0.05, 0) is 12.1 Å². The molecule has 4 heteroatoms. The average Bonchev–Trinajstić information content (AvgIpc) is 2.46. The molecular formula is C15H19NO3. The highest BCUT2D eigenvalue weighted by Crippen LogP contribution is 2.31. The molecule has 1 aromatic rings. The van der Waals surface area contributed by atoms with Crippen molar-refractivity contribution in [1.82, 2.24) is 4.90 Å². The maximum Gasteiger partial charge on any atom is 0.161 e. The zero-order chi connectivity index (χ0) is 13.1. The number of carbonyl (C=O) groups is 1. The van der Waals surface area contributed by atoms with Crippen LogP contribution in [0.4, 0.5) is 0 Å². The van der Waals surface area contributed by atoms with E-state index in [0.29, 0.717) is 25.2 Å². The molecule has 0 bridgehead atoms. The second-order valence-electron chi connectivity index (χ2n) is 5.17. The predicted molar refractivity (Wildman–Crippen MR) is 71.7 cm³/mol. The van der Waals surface area contributed by atoms with E-state index in [4.69, 9.17) is 9.47 Å². The molecule has 102 valence electrons. The Kier molecular flexibility index (Phi) is 3.69. The lowest BCUT2D eigenvalue weighted by molar-refractivity contribution is -0.121. The number of fused-ring (bicyclic) bond motifs is 1. The first kappa shape index (κ1) is 12.5. The van der Waals surface area contributed by atoms with Crippen molar-refractivity contribution in [2.24, 2.45) is 0 Å². The molecule has 0 saturated carbocycles. The molecule has 1 atom stereocenters. The van der Waals surface area contributed by atoms with Crippen LogP contribution in [0.5, 0.6) is 11.5 Å². The van der Waals surface area contributed by atoms with Gasteiger partial charge >= 0.3 is 0 Å². The van der Waals surface area contributed by atoms with E-state index >= 15 is 0 Å². The molecule has 2 aliphatic heterocycles. The van der Waals surface area contributed by atoms with E-state index in [0.717, 1.165) is 37.6 Å². The molecular weight excluding hydrogens is 242 g/mol. The van der Waals surface area contributed by atoms with Gasteiger partial charge in [-0.3, -0.25) is 4.79 Å². The zero-order valence-electron chi connectivity index (χ0n) is 11.0. The number of likely N-dealkylation sites (tertiary alicyclic amines) is 1. The fraction of sp³-hybridized carbons (Fsp3) is 0.533. The summed E-state index contributed by atoms with van der Waals surface area (Å²) < 4.78 is 11.6. The van der Waals surface area contributed by atoms with Crippen LogP contribution in [0, 0.1) is 0 Å². The standard InChI is InChI=1S/C15H19NO3/c17-12-5-8-16(9-6-12)10-7-13-11-18-14-3-1-2-4-15(14)19-13/h1-4,13H,5-11H2. The summed E-state index contributed by atoms with van der Waals surface area (Å²) in [7, 11) is 0. The van der Waals surface area contributed by atoms with E-state index < -0.39 is 0 Å². The van der Waals surface area contributed by atoms with E-state index in [2.05, 4.69) is 4.90 Å². The Morgan fingerprint density at radius 2 is 1.89 bits per heavy atom. The maximum atomic E-state index is 11.2. The quantitative estimate of drug-likeness (QED) is 0.833. The molecule has 0 amide bonds. The van der Waals surface area contributed by atoms with Crippen LogP contribution in [0.1, 0.15) is 19.3 Å². The number of ether oxygens (including phenoxy) is 2. The van der Waals surface area contributed by atoms with E-state index in [9.17, 15) is 4.79 Å². The molecule has 0 radical (unpaired) electrons. The average molecular weight is 261 g/mol. The summed E-state index contributed by atoms with van der Waals surface area (Å²) in [6, 6.07) is 7.79. The van der Waals surface area contributed by atoms with Crippen LogP contribution >= 0.6 is 0 Å². The van der Waals surface area contributed by atoms with Gasteiger partial charge in [0.25, 0.3) is 0 Å². The first-order valence-electron chi connectivity index (χ1n) is 6.94. The molecule has 0 N–H and O–H groups in total. The van der Waals surface area contributed by atoms with Gasteiger partial charge in [-0.15, -0.1) is 0 Å². The maximum absolute atomic E-state index is 11.2. The highest BCUT2D eigenvalue weighted by atomic mass is 16.6. The molecule has 1 aromatic carbocycles. The summed E-state index contributed by atoms with van der Waals surface area (Å²) in [6.45, 7) is 3.37.